The van der Waals surface area contributed by atoms with Crippen molar-refractivity contribution in [2.24, 2.45) is 0 Å². The van der Waals surface area contributed by atoms with Crippen LogP contribution in [-0.4, -0.2) is 27.7 Å². The number of aliphatic hydroxyl groups excluding tert-OH is 1. The minimum Gasteiger partial charge on any atom is -0.394 e. The summed E-state index contributed by atoms with van der Waals surface area (Å²) in [7, 11) is 0. The van der Waals surface area contributed by atoms with E-state index in [0.29, 0.717) is 6.42 Å². The number of nitro groups is 1. The largest absolute Gasteiger partial charge is 0.394 e. The number of aromatic nitrogens is 1. The van der Waals surface area contributed by atoms with E-state index in [9.17, 15) is 19.6 Å². The number of pyridine rings is 1. The average Bonchev–Trinajstić information content (AvgIpc) is 2.49. The number of benzene rings is 1. The smallest absolute Gasteiger partial charge is 0.295 e. The zero-order valence-corrected chi connectivity index (χ0v) is 11.1. The molecule has 0 saturated heterocycles. The molecule has 2 aromatic rings. The molecule has 0 aliphatic carbocycles. The van der Waals surface area contributed by atoms with Crippen LogP contribution in [-0.2, 0) is 6.42 Å². The number of hydrogen-bond donors (Lipinski definition) is 2. The molecule has 0 unspecified atom stereocenters. The number of halogens is 1. The summed E-state index contributed by atoms with van der Waals surface area (Å²) in [6.07, 6.45) is 2.02. The molecule has 0 aliphatic rings. The van der Waals surface area contributed by atoms with Crippen LogP contribution < -0.4 is 5.32 Å². The van der Waals surface area contributed by atoms with Gasteiger partial charge in [-0.1, -0.05) is 6.07 Å². The fourth-order valence-electron chi connectivity index (χ4n) is 1.93. The second-order valence-electron chi connectivity index (χ2n) is 4.47. The summed E-state index contributed by atoms with van der Waals surface area (Å²) in [5.74, 6) is -0.683. The number of rotatable bonds is 6. The summed E-state index contributed by atoms with van der Waals surface area (Å²) in [4.78, 5) is 14.4. The standard InChI is InChI=1S/C14H14FN3O3/c15-10-4-5-13(14(7-10)18(20)21)17-12(9-19)8-11-3-1-2-6-16-11/h1-7,12,17,19H,8-9H2/t12-/m0/s1. The Kier molecular flexibility index (Phi) is 4.78. The average molecular weight is 291 g/mol. The number of nitrogens with zero attached hydrogens (tertiary/aromatic N) is 2. The van der Waals surface area contributed by atoms with Gasteiger partial charge >= 0.3 is 0 Å². The first-order valence-electron chi connectivity index (χ1n) is 6.31. The van der Waals surface area contributed by atoms with Crippen LogP contribution in [0.2, 0.25) is 0 Å². The second-order valence-corrected chi connectivity index (χ2v) is 4.47. The van der Waals surface area contributed by atoms with Crippen molar-refractivity contribution in [3.05, 3.63) is 64.2 Å². The highest BCUT2D eigenvalue weighted by atomic mass is 19.1. The van der Waals surface area contributed by atoms with E-state index in [-0.39, 0.29) is 18.0 Å². The molecule has 1 aromatic carbocycles. The molecule has 0 saturated carbocycles. The Morgan fingerprint density at radius 2 is 2.19 bits per heavy atom. The zero-order chi connectivity index (χ0) is 15.2. The summed E-state index contributed by atoms with van der Waals surface area (Å²) in [5.41, 5.74) is 0.541. The van der Waals surface area contributed by atoms with Crippen molar-refractivity contribution in [2.45, 2.75) is 12.5 Å². The van der Waals surface area contributed by atoms with Crippen LogP contribution in [0.5, 0.6) is 0 Å². The van der Waals surface area contributed by atoms with E-state index in [1.807, 2.05) is 6.07 Å². The Hall–Kier alpha value is -2.54. The van der Waals surface area contributed by atoms with E-state index in [1.54, 1.807) is 18.3 Å². The number of anilines is 1. The number of hydrogen-bond acceptors (Lipinski definition) is 5. The van der Waals surface area contributed by atoms with Crippen molar-refractivity contribution in [2.75, 3.05) is 11.9 Å². The van der Waals surface area contributed by atoms with Gasteiger partial charge in [-0.3, -0.25) is 15.1 Å². The van der Waals surface area contributed by atoms with Gasteiger partial charge in [-0.2, -0.15) is 0 Å². The highest BCUT2D eigenvalue weighted by Crippen LogP contribution is 2.26. The van der Waals surface area contributed by atoms with Crippen LogP contribution in [0.25, 0.3) is 0 Å². The number of nitrogens with one attached hydrogen (secondary N) is 1. The SMILES string of the molecule is O=[N+]([O-])c1cc(F)ccc1N[C@H](CO)Cc1ccccn1. The molecule has 0 spiro atoms. The Labute approximate surface area is 120 Å². The minimum atomic E-state index is -0.683. The van der Waals surface area contributed by atoms with E-state index in [2.05, 4.69) is 10.3 Å². The van der Waals surface area contributed by atoms with Gasteiger partial charge in [0.2, 0.25) is 0 Å². The summed E-state index contributed by atoms with van der Waals surface area (Å²) in [6.45, 7) is -0.231. The van der Waals surface area contributed by atoms with Gasteiger partial charge in [0.05, 0.1) is 23.6 Å². The molecule has 0 amide bonds. The maximum atomic E-state index is 13.1. The van der Waals surface area contributed by atoms with Gasteiger partial charge in [-0.15, -0.1) is 0 Å². The van der Waals surface area contributed by atoms with E-state index in [0.717, 1.165) is 17.8 Å². The third kappa shape index (κ3) is 3.96. The first-order valence-corrected chi connectivity index (χ1v) is 6.31. The van der Waals surface area contributed by atoms with E-state index in [1.165, 1.54) is 6.07 Å². The van der Waals surface area contributed by atoms with Crippen LogP contribution in [0.4, 0.5) is 15.8 Å². The molecule has 0 bridgehead atoms. The fourth-order valence-corrected chi connectivity index (χ4v) is 1.93. The monoisotopic (exact) mass is 291 g/mol. The zero-order valence-electron chi connectivity index (χ0n) is 11.1. The molecule has 21 heavy (non-hydrogen) atoms. The van der Waals surface area contributed by atoms with Crippen LogP contribution >= 0.6 is 0 Å². The normalized spacial score (nSPS) is 11.9. The first kappa shape index (κ1) is 14.9. The fraction of sp³-hybridized carbons (Fsp3) is 0.214. The van der Waals surface area contributed by atoms with Crippen LogP contribution in [0.15, 0.2) is 42.6 Å². The van der Waals surface area contributed by atoms with Crippen molar-refractivity contribution in [1.29, 1.82) is 0 Å². The van der Waals surface area contributed by atoms with E-state index >= 15 is 0 Å². The predicted octanol–water partition coefficient (Wildman–Crippen LogP) is 2.14. The third-order valence-electron chi connectivity index (χ3n) is 2.92. The summed E-state index contributed by atoms with van der Waals surface area (Å²) >= 11 is 0. The first-order chi connectivity index (χ1) is 10.1. The predicted molar refractivity (Wildman–Crippen MR) is 75.5 cm³/mol. The third-order valence-corrected chi connectivity index (χ3v) is 2.92. The molecule has 1 heterocycles. The van der Waals surface area contributed by atoms with E-state index < -0.39 is 16.8 Å². The van der Waals surface area contributed by atoms with Gasteiger partial charge in [-0.05, 0) is 24.3 Å². The van der Waals surface area contributed by atoms with Crippen molar-refractivity contribution in [3.63, 3.8) is 0 Å². The Balaban J connectivity index is 2.17. The van der Waals surface area contributed by atoms with Gasteiger partial charge in [0.1, 0.15) is 11.5 Å². The molecule has 0 aliphatic heterocycles. The lowest BCUT2D eigenvalue weighted by Gasteiger charge is -2.17. The number of nitro benzene ring substituents is 1. The van der Waals surface area contributed by atoms with Gasteiger partial charge in [-0.25, -0.2) is 4.39 Å². The molecule has 110 valence electrons. The molecule has 6 nitrogen and oxygen atoms in total. The highest BCUT2D eigenvalue weighted by Gasteiger charge is 2.18. The van der Waals surface area contributed by atoms with E-state index in [4.69, 9.17) is 0 Å². The minimum absolute atomic E-state index is 0.163. The summed E-state index contributed by atoms with van der Waals surface area (Å²) < 4.78 is 13.1. The molecule has 1 aromatic heterocycles. The van der Waals surface area contributed by atoms with Crippen molar-refractivity contribution in [1.82, 2.24) is 4.98 Å². The molecule has 2 rings (SSSR count). The lowest BCUT2D eigenvalue weighted by atomic mass is 10.1. The van der Waals surface area contributed by atoms with Crippen molar-refractivity contribution >= 4 is 11.4 Å². The van der Waals surface area contributed by atoms with Crippen LogP contribution in [0.1, 0.15) is 5.69 Å². The van der Waals surface area contributed by atoms with Gasteiger partial charge in [0, 0.05) is 18.3 Å². The molecule has 0 fully saturated rings. The maximum absolute atomic E-state index is 13.1. The molecule has 7 heteroatoms. The molecule has 2 N–H and O–H groups in total. The van der Waals surface area contributed by atoms with Gasteiger partial charge < -0.3 is 10.4 Å². The Morgan fingerprint density at radius 3 is 2.81 bits per heavy atom. The lowest BCUT2D eigenvalue weighted by Crippen LogP contribution is -2.27. The topological polar surface area (TPSA) is 88.3 Å². The molecular formula is C14H14FN3O3. The lowest BCUT2D eigenvalue weighted by molar-refractivity contribution is -0.384. The second kappa shape index (κ2) is 6.76. The van der Waals surface area contributed by atoms with Crippen LogP contribution in [0, 0.1) is 15.9 Å². The maximum Gasteiger partial charge on any atom is 0.295 e. The van der Waals surface area contributed by atoms with Crippen molar-refractivity contribution in [3.8, 4) is 0 Å². The molecular weight excluding hydrogens is 277 g/mol. The highest BCUT2D eigenvalue weighted by molar-refractivity contribution is 5.61. The van der Waals surface area contributed by atoms with Crippen LogP contribution in [0.3, 0.4) is 0 Å². The van der Waals surface area contributed by atoms with Gasteiger partial charge in [0.15, 0.2) is 0 Å². The van der Waals surface area contributed by atoms with Crippen molar-refractivity contribution < 1.29 is 14.4 Å². The summed E-state index contributed by atoms with van der Waals surface area (Å²) in [6, 6.07) is 8.19. The summed E-state index contributed by atoms with van der Waals surface area (Å²) in [5, 5.41) is 23.2. The quantitative estimate of drug-likeness (QED) is 0.629. The molecule has 1 atom stereocenters. The molecule has 0 radical (unpaired) electrons. The Bertz CT molecular complexity index is 622. The Morgan fingerprint density at radius 1 is 1.38 bits per heavy atom. The number of aliphatic hydroxyl groups is 1. The van der Waals surface area contributed by atoms with Gasteiger partial charge in [0.25, 0.3) is 5.69 Å².